The normalized spacial score (nSPS) is 11.6. The minimum Gasteiger partial charge on any atom is -0.282 e. The van der Waals surface area contributed by atoms with Crippen LogP contribution in [-0.4, -0.2) is 22.9 Å². The monoisotopic (exact) mass is 380 g/mol. The molecule has 27 heavy (non-hydrogen) atoms. The average Bonchev–Trinajstić information content (AvgIpc) is 2.68. The Morgan fingerprint density at radius 1 is 0.741 bits per heavy atom. The van der Waals surface area contributed by atoms with Crippen LogP contribution in [0.5, 0.6) is 0 Å². The van der Waals surface area contributed by atoms with Gasteiger partial charge in [-0.25, -0.2) is 14.4 Å². The van der Waals surface area contributed by atoms with E-state index in [1.165, 1.54) is 6.07 Å². The summed E-state index contributed by atoms with van der Waals surface area (Å²) >= 11 is 0. The predicted octanol–water partition coefficient (Wildman–Crippen LogP) is 4.35. The molecule has 0 aliphatic carbocycles. The summed E-state index contributed by atoms with van der Waals surface area (Å²) in [6, 6.07) is 20.7. The van der Waals surface area contributed by atoms with Gasteiger partial charge in [-0.15, -0.1) is 0 Å². The van der Waals surface area contributed by atoms with Gasteiger partial charge in [-0.05, 0) is 12.1 Å². The lowest BCUT2D eigenvalue weighted by atomic mass is 10.0. The molecule has 0 aliphatic heterocycles. The molecule has 1 heterocycles. The highest BCUT2D eigenvalue weighted by molar-refractivity contribution is 7.85. The lowest BCUT2D eigenvalue weighted by molar-refractivity contribution is 0.474. The van der Waals surface area contributed by atoms with Gasteiger partial charge in [-0.3, -0.25) is 4.55 Å². The summed E-state index contributed by atoms with van der Waals surface area (Å²) in [5.41, 5.74) is 2.45. The fourth-order valence-electron chi connectivity index (χ4n) is 2.86. The van der Waals surface area contributed by atoms with Gasteiger partial charge >= 0.3 is 0 Å². The van der Waals surface area contributed by atoms with Gasteiger partial charge < -0.3 is 0 Å². The Hall–Kier alpha value is -3.16. The lowest BCUT2D eigenvalue weighted by Crippen LogP contribution is -2.04. The van der Waals surface area contributed by atoms with E-state index in [0.29, 0.717) is 17.0 Å². The summed E-state index contributed by atoms with van der Waals surface area (Å²) in [5, 5.41) is 0. The number of fused-ring (bicyclic) bond motifs is 1. The molecule has 0 saturated carbocycles. The second kappa shape index (κ2) is 6.53. The van der Waals surface area contributed by atoms with Crippen molar-refractivity contribution in [2.24, 2.45) is 0 Å². The molecule has 0 saturated heterocycles. The first-order valence-electron chi connectivity index (χ1n) is 8.04. The summed E-state index contributed by atoms with van der Waals surface area (Å²) in [6.07, 6.45) is 0. The highest BCUT2D eigenvalue weighted by Gasteiger charge is 2.22. The molecule has 0 bridgehead atoms. The zero-order valence-corrected chi connectivity index (χ0v) is 14.7. The maximum atomic E-state index is 14.8. The van der Waals surface area contributed by atoms with E-state index >= 15 is 0 Å². The molecule has 0 amide bonds. The van der Waals surface area contributed by atoms with Crippen molar-refractivity contribution in [1.29, 1.82) is 0 Å². The van der Waals surface area contributed by atoms with E-state index in [9.17, 15) is 17.4 Å². The molecule has 7 heteroatoms. The molecule has 0 fully saturated rings. The van der Waals surface area contributed by atoms with Gasteiger partial charge in [-0.1, -0.05) is 60.7 Å². The first kappa shape index (κ1) is 17.3. The van der Waals surface area contributed by atoms with Crippen molar-refractivity contribution in [3.8, 4) is 22.5 Å². The minimum atomic E-state index is -4.71. The van der Waals surface area contributed by atoms with Gasteiger partial charge in [0.05, 0.1) is 16.9 Å². The van der Waals surface area contributed by atoms with Crippen molar-refractivity contribution in [3.05, 3.63) is 78.6 Å². The molecule has 0 aliphatic rings. The van der Waals surface area contributed by atoms with E-state index in [-0.39, 0.29) is 11.0 Å². The minimum absolute atomic E-state index is 0.193. The lowest BCUT2D eigenvalue weighted by Gasteiger charge is -2.11. The molecule has 4 rings (SSSR count). The zero-order valence-electron chi connectivity index (χ0n) is 13.9. The molecule has 0 unspecified atom stereocenters. The second-order valence-corrected chi connectivity index (χ2v) is 7.26. The van der Waals surface area contributed by atoms with Gasteiger partial charge in [0.1, 0.15) is 10.4 Å². The van der Waals surface area contributed by atoms with Crippen LogP contribution in [-0.2, 0) is 10.1 Å². The largest absolute Gasteiger partial charge is 0.297 e. The summed E-state index contributed by atoms with van der Waals surface area (Å²) in [7, 11) is -4.71. The number of halogens is 1. The highest BCUT2D eigenvalue weighted by Crippen LogP contribution is 2.32. The zero-order chi connectivity index (χ0) is 19.0. The van der Waals surface area contributed by atoms with Crippen LogP contribution in [0.1, 0.15) is 0 Å². The maximum absolute atomic E-state index is 14.8. The molecule has 0 atom stereocenters. The maximum Gasteiger partial charge on any atom is 0.297 e. The molecule has 4 aromatic rings. The van der Waals surface area contributed by atoms with Gasteiger partial charge in [0.25, 0.3) is 10.1 Å². The Morgan fingerprint density at radius 2 is 1.26 bits per heavy atom. The van der Waals surface area contributed by atoms with Gasteiger partial charge in [-0.2, -0.15) is 8.42 Å². The second-order valence-electron chi connectivity index (χ2n) is 5.87. The first-order valence-corrected chi connectivity index (χ1v) is 9.48. The van der Waals surface area contributed by atoms with Gasteiger partial charge in [0.2, 0.25) is 0 Å². The van der Waals surface area contributed by atoms with E-state index < -0.39 is 20.8 Å². The third-order valence-electron chi connectivity index (χ3n) is 4.11. The van der Waals surface area contributed by atoms with Crippen molar-refractivity contribution in [3.63, 3.8) is 0 Å². The average molecular weight is 380 g/mol. The van der Waals surface area contributed by atoms with E-state index in [0.717, 1.165) is 11.6 Å². The van der Waals surface area contributed by atoms with Gasteiger partial charge in [0.15, 0.2) is 5.82 Å². The number of benzene rings is 3. The van der Waals surface area contributed by atoms with Crippen LogP contribution in [0.2, 0.25) is 0 Å². The molecule has 0 radical (unpaired) electrons. The van der Waals surface area contributed by atoms with Crippen molar-refractivity contribution in [1.82, 2.24) is 9.97 Å². The molecule has 1 aromatic heterocycles. The van der Waals surface area contributed by atoms with Crippen molar-refractivity contribution < 1.29 is 17.4 Å². The smallest absolute Gasteiger partial charge is 0.282 e. The molecule has 134 valence electrons. The number of hydrogen-bond acceptors (Lipinski definition) is 4. The van der Waals surface area contributed by atoms with Crippen LogP contribution in [0.3, 0.4) is 0 Å². The Kier molecular flexibility index (Phi) is 4.18. The Labute approximate surface area is 154 Å². The molecular weight excluding hydrogens is 367 g/mol. The number of nitrogens with zero attached hydrogens (tertiary/aromatic N) is 2. The first-order chi connectivity index (χ1) is 12.9. The van der Waals surface area contributed by atoms with Crippen LogP contribution in [0.25, 0.3) is 33.5 Å². The number of rotatable bonds is 3. The SMILES string of the molecule is O=S(=O)(O)c1ccc2nc(-c3ccccc3)c(-c3ccccc3)nc2c1F. The fraction of sp³-hybridized carbons (Fsp3) is 0. The van der Waals surface area contributed by atoms with E-state index in [1.807, 2.05) is 60.7 Å². The van der Waals surface area contributed by atoms with Crippen molar-refractivity contribution >= 4 is 21.2 Å². The molecule has 3 aromatic carbocycles. The quantitative estimate of drug-likeness (QED) is 0.535. The van der Waals surface area contributed by atoms with Crippen LogP contribution in [0, 0.1) is 5.82 Å². The summed E-state index contributed by atoms with van der Waals surface area (Å²) in [4.78, 5) is 8.09. The topological polar surface area (TPSA) is 80.2 Å². The predicted molar refractivity (Wildman–Crippen MR) is 100 cm³/mol. The summed E-state index contributed by atoms with van der Waals surface area (Å²) < 4.78 is 46.8. The highest BCUT2D eigenvalue weighted by atomic mass is 32.2. The molecule has 0 spiro atoms. The van der Waals surface area contributed by atoms with E-state index in [1.54, 1.807) is 0 Å². The summed E-state index contributed by atoms with van der Waals surface area (Å²) in [5.74, 6) is -1.13. The standard InChI is InChI=1S/C20H13FN2O3S/c21-17-16(27(24,25)26)12-11-15-20(17)23-19(14-9-5-2-6-10-14)18(22-15)13-7-3-1-4-8-13/h1-12H,(H,24,25,26). The Morgan fingerprint density at radius 3 is 1.78 bits per heavy atom. The van der Waals surface area contributed by atoms with E-state index in [4.69, 9.17) is 0 Å². The third kappa shape index (κ3) is 3.18. The molecule has 5 nitrogen and oxygen atoms in total. The fourth-order valence-corrected chi connectivity index (χ4v) is 3.43. The Balaban J connectivity index is 2.08. The number of aromatic nitrogens is 2. The number of hydrogen-bond donors (Lipinski definition) is 1. The van der Waals surface area contributed by atoms with Crippen molar-refractivity contribution in [2.45, 2.75) is 4.90 Å². The Bertz CT molecular complexity index is 1240. The van der Waals surface area contributed by atoms with Crippen LogP contribution < -0.4 is 0 Å². The summed E-state index contributed by atoms with van der Waals surface area (Å²) in [6.45, 7) is 0. The van der Waals surface area contributed by atoms with Gasteiger partial charge in [0, 0.05) is 11.1 Å². The van der Waals surface area contributed by atoms with Crippen LogP contribution in [0.15, 0.2) is 77.7 Å². The van der Waals surface area contributed by atoms with Crippen LogP contribution >= 0.6 is 0 Å². The molecular formula is C20H13FN2O3S. The van der Waals surface area contributed by atoms with Crippen LogP contribution in [0.4, 0.5) is 4.39 Å². The third-order valence-corrected chi connectivity index (χ3v) is 4.98. The van der Waals surface area contributed by atoms with E-state index in [2.05, 4.69) is 9.97 Å². The van der Waals surface area contributed by atoms with Crippen molar-refractivity contribution in [2.75, 3.05) is 0 Å². The molecule has 1 N–H and O–H groups in total.